The minimum atomic E-state index is -1.02. The predicted octanol–water partition coefficient (Wildman–Crippen LogP) is 2.08. The second-order valence-electron chi connectivity index (χ2n) is 2.55. The molecule has 0 bridgehead atoms. The van der Waals surface area contributed by atoms with Crippen LogP contribution in [0.25, 0.3) is 6.08 Å². The van der Waals surface area contributed by atoms with Gasteiger partial charge in [-0.2, -0.15) is 0 Å². The number of hydrogen-bond acceptors (Lipinski definition) is 4. The summed E-state index contributed by atoms with van der Waals surface area (Å²) in [5.74, 6) is -1.02. The molecule has 0 aliphatic heterocycles. The van der Waals surface area contributed by atoms with Crippen LogP contribution in [0.1, 0.15) is 21.5 Å². The highest BCUT2D eigenvalue weighted by atomic mass is 32.1. The van der Waals surface area contributed by atoms with Crippen LogP contribution in [0, 0.1) is 10.1 Å². The molecule has 0 fully saturated rings. The Bertz CT molecular complexity index is 407. The van der Waals surface area contributed by atoms with Crippen LogP contribution in [-0.4, -0.2) is 16.0 Å². The minimum absolute atomic E-state index is 0.0104. The third kappa shape index (κ3) is 2.40. The molecule has 1 aromatic rings. The second kappa shape index (κ2) is 4.01. The molecule has 1 N–H and O–H groups in total. The van der Waals surface area contributed by atoms with Crippen LogP contribution in [-0.2, 0) is 0 Å². The molecule has 0 saturated heterocycles. The zero-order chi connectivity index (χ0) is 10.7. The lowest BCUT2D eigenvalue weighted by atomic mass is 10.3. The van der Waals surface area contributed by atoms with Crippen molar-refractivity contribution in [3.8, 4) is 0 Å². The van der Waals surface area contributed by atoms with Gasteiger partial charge in [0, 0.05) is 17.9 Å². The SMILES string of the molecule is CC(=Cc1ccc(C(=O)O)s1)[N+](=O)[O-]. The first-order valence-electron chi connectivity index (χ1n) is 3.66. The second-order valence-corrected chi connectivity index (χ2v) is 3.67. The van der Waals surface area contributed by atoms with E-state index in [0.717, 1.165) is 11.3 Å². The summed E-state index contributed by atoms with van der Waals surface area (Å²) in [7, 11) is 0. The number of allylic oxidation sites excluding steroid dienone is 1. The van der Waals surface area contributed by atoms with Gasteiger partial charge in [0.25, 0.3) is 0 Å². The maximum Gasteiger partial charge on any atom is 0.345 e. The number of aromatic carboxylic acids is 1. The van der Waals surface area contributed by atoms with Crippen molar-refractivity contribution in [2.45, 2.75) is 6.92 Å². The number of nitro groups is 1. The Balaban J connectivity index is 2.93. The van der Waals surface area contributed by atoms with Gasteiger partial charge in [0.1, 0.15) is 4.88 Å². The first kappa shape index (κ1) is 10.4. The molecule has 14 heavy (non-hydrogen) atoms. The lowest BCUT2D eigenvalue weighted by Gasteiger charge is -1.87. The normalized spacial score (nSPS) is 11.4. The molecule has 6 heteroatoms. The van der Waals surface area contributed by atoms with Crippen molar-refractivity contribution in [1.82, 2.24) is 0 Å². The predicted molar refractivity (Wildman–Crippen MR) is 51.9 cm³/mol. The molecule has 74 valence electrons. The van der Waals surface area contributed by atoms with Crippen molar-refractivity contribution in [3.63, 3.8) is 0 Å². The maximum absolute atomic E-state index is 10.5. The maximum atomic E-state index is 10.5. The zero-order valence-corrected chi connectivity index (χ0v) is 8.08. The lowest BCUT2D eigenvalue weighted by molar-refractivity contribution is -0.422. The van der Waals surface area contributed by atoms with Crippen LogP contribution in [0.3, 0.4) is 0 Å². The lowest BCUT2D eigenvalue weighted by Crippen LogP contribution is -1.92. The summed E-state index contributed by atoms with van der Waals surface area (Å²) >= 11 is 1.01. The summed E-state index contributed by atoms with van der Waals surface area (Å²) in [5, 5.41) is 18.9. The fourth-order valence-corrected chi connectivity index (χ4v) is 1.65. The number of carboxylic acid groups (broad SMARTS) is 1. The van der Waals surface area contributed by atoms with Gasteiger partial charge in [0.2, 0.25) is 5.70 Å². The van der Waals surface area contributed by atoms with E-state index in [2.05, 4.69) is 0 Å². The fraction of sp³-hybridized carbons (Fsp3) is 0.125. The minimum Gasteiger partial charge on any atom is -0.477 e. The van der Waals surface area contributed by atoms with E-state index in [1.807, 2.05) is 0 Å². The summed E-state index contributed by atoms with van der Waals surface area (Å²) in [4.78, 5) is 21.0. The summed E-state index contributed by atoms with van der Waals surface area (Å²) in [6.45, 7) is 1.36. The van der Waals surface area contributed by atoms with Gasteiger partial charge in [-0.1, -0.05) is 0 Å². The third-order valence-electron chi connectivity index (χ3n) is 1.48. The highest BCUT2D eigenvalue weighted by molar-refractivity contribution is 7.14. The largest absolute Gasteiger partial charge is 0.477 e. The Labute approximate surface area is 83.5 Å². The first-order valence-corrected chi connectivity index (χ1v) is 4.48. The van der Waals surface area contributed by atoms with Crippen molar-refractivity contribution >= 4 is 23.4 Å². The Hall–Kier alpha value is -1.69. The van der Waals surface area contributed by atoms with Crippen LogP contribution < -0.4 is 0 Å². The topological polar surface area (TPSA) is 80.4 Å². The zero-order valence-electron chi connectivity index (χ0n) is 7.26. The van der Waals surface area contributed by atoms with Crippen molar-refractivity contribution < 1.29 is 14.8 Å². The Morgan fingerprint density at radius 3 is 2.71 bits per heavy atom. The average molecular weight is 213 g/mol. The van der Waals surface area contributed by atoms with Gasteiger partial charge >= 0.3 is 5.97 Å². The van der Waals surface area contributed by atoms with E-state index in [4.69, 9.17) is 5.11 Å². The molecule has 0 aliphatic carbocycles. The van der Waals surface area contributed by atoms with Gasteiger partial charge in [-0.25, -0.2) is 4.79 Å². The highest BCUT2D eigenvalue weighted by Gasteiger charge is 2.08. The van der Waals surface area contributed by atoms with E-state index in [-0.39, 0.29) is 10.6 Å². The molecule has 0 amide bonds. The van der Waals surface area contributed by atoms with E-state index in [1.54, 1.807) is 6.07 Å². The molecule has 0 unspecified atom stereocenters. The smallest absolute Gasteiger partial charge is 0.345 e. The van der Waals surface area contributed by atoms with Crippen molar-refractivity contribution in [1.29, 1.82) is 0 Å². The monoisotopic (exact) mass is 213 g/mol. The van der Waals surface area contributed by atoms with Crippen molar-refractivity contribution in [2.24, 2.45) is 0 Å². The molecule has 0 aliphatic rings. The van der Waals surface area contributed by atoms with Crippen molar-refractivity contribution in [3.05, 3.63) is 37.7 Å². The first-order chi connectivity index (χ1) is 6.50. The van der Waals surface area contributed by atoms with Gasteiger partial charge in [0.05, 0.1) is 4.92 Å². The number of rotatable bonds is 3. The molecular formula is C8H7NO4S. The van der Waals surface area contributed by atoms with Gasteiger partial charge in [-0.15, -0.1) is 11.3 Å². The van der Waals surface area contributed by atoms with E-state index < -0.39 is 10.9 Å². The summed E-state index contributed by atoms with van der Waals surface area (Å²) in [6.07, 6.45) is 1.34. The Morgan fingerprint density at radius 2 is 2.29 bits per heavy atom. The molecular weight excluding hydrogens is 206 g/mol. The molecule has 0 radical (unpaired) electrons. The number of hydrogen-bond donors (Lipinski definition) is 1. The molecule has 1 aromatic heterocycles. The van der Waals surface area contributed by atoms with Crippen LogP contribution >= 0.6 is 11.3 Å². The Kier molecular flexibility index (Phi) is 2.98. The van der Waals surface area contributed by atoms with Gasteiger partial charge in [-0.05, 0) is 12.1 Å². The van der Waals surface area contributed by atoms with Crippen LogP contribution in [0.5, 0.6) is 0 Å². The van der Waals surface area contributed by atoms with Crippen LogP contribution in [0.4, 0.5) is 0 Å². The Morgan fingerprint density at radius 1 is 1.64 bits per heavy atom. The number of carbonyl (C=O) groups is 1. The van der Waals surface area contributed by atoms with Gasteiger partial charge in [-0.3, -0.25) is 10.1 Å². The molecule has 0 atom stereocenters. The van der Waals surface area contributed by atoms with Gasteiger partial charge < -0.3 is 5.11 Å². The highest BCUT2D eigenvalue weighted by Crippen LogP contribution is 2.19. The van der Waals surface area contributed by atoms with Crippen LogP contribution in [0.2, 0.25) is 0 Å². The van der Waals surface area contributed by atoms with E-state index in [9.17, 15) is 14.9 Å². The number of nitrogens with zero attached hydrogens (tertiary/aromatic N) is 1. The average Bonchev–Trinajstić information content (AvgIpc) is 2.52. The van der Waals surface area contributed by atoms with Crippen molar-refractivity contribution in [2.75, 3.05) is 0 Å². The number of carboxylic acids is 1. The standard InChI is InChI=1S/C8H7NO4S/c1-5(9(12)13)4-6-2-3-7(14-6)8(10)11/h2-4H,1H3,(H,10,11). The number of thiophene rings is 1. The fourth-order valence-electron chi connectivity index (χ4n) is 0.804. The molecule has 0 aromatic carbocycles. The summed E-state index contributed by atoms with van der Waals surface area (Å²) in [6, 6.07) is 2.97. The van der Waals surface area contributed by atoms with E-state index in [0.29, 0.717) is 4.88 Å². The molecule has 0 spiro atoms. The van der Waals surface area contributed by atoms with E-state index >= 15 is 0 Å². The third-order valence-corrected chi connectivity index (χ3v) is 2.50. The molecule has 5 nitrogen and oxygen atoms in total. The quantitative estimate of drug-likeness (QED) is 0.615. The molecule has 1 rings (SSSR count). The van der Waals surface area contributed by atoms with Crippen LogP contribution in [0.15, 0.2) is 17.8 Å². The van der Waals surface area contributed by atoms with Gasteiger partial charge in [0.15, 0.2) is 0 Å². The van der Waals surface area contributed by atoms with E-state index in [1.165, 1.54) is 19.1 Å². The molecule has 1 heterocycles. The molecule has 0 saturated carbocycles. The summed E-state index contributed by atoms with van der Waals surface area (Å²) in [5.41, 5.74) is -0.0104. The summed E-state index contributed by atoms with van der Waals surface area (Å²) < 4.78 is 0.